The van der Waals surface area contributed by atoms with Gasteiger partial charge in [0.15, 0.2) is 0 Å². The summed E-state index contributed by atoms with van der Waals surface area (Å²) < 4.78 is 0. The van der Waals surface area contributed by atoms with Gasteiger partial charge < -0.3 is 5.73 Å². The molecule has 0 saturated heterocycles. The molecular formula is C14H12ClNS. The summed E-state index contributed by atoms with van der Waals surface area (Å²) in [7, 11) is 0. The Kier molecular flexibility index (Phi) is 2.87. The first-order valence-corrected chi connectivity index (χ1v) is 6.74. The molecule has 1 heterocycles. The largest absolute Gasteiger partial charge is 0.324 e. The van der Waals surface area contributed by atoms with E-state index in [0.29, 0.717) is 0 Å². The fraction of sp³-hybridized carbons (Fsp3) is 0.143. The van der Waals surface area contributed by atoms with Crippen molar-refractivity contribution in [3.63, 3.8) is 0 Å². The van der Waals surface area contributed by atoms with E-state index >= 15 is 0 Å². The van der Waals surface area contributed by atoms with E-state index in [2.05, 4.69) is 30.3 Å². The second-order valence-electron chi connectivity index (χ2n) is 4.20. The smallest absolute Gasteiger partial charge is 0.0410 e. The Morgan fingerprint density at radius 2 is 1.94 bits per heavy atom. The summed E-state index contributed by atoms with van der Waals surface area (Å²) >= 11 is 7.82. The van der Waals surface area contributed by atoms with Gasteiger partial charge >= 0.3 is 0 Å². The van der Waals surface area contributed by atoms with Gasteiger partial charge in [-0.15, -0.1) is 0 Å². The van der Waals surface area contributed by atoms with Crippen molar-refractivity contribution < 1.29 is 0 Å². The number of fused-ring (bicyclic) bond motifs is 2. The standard InChI is InChI=1S/C14H12ClNS/c15-10-5-6-14-11(8-10)12(16)7-9-3-1-2-4-13(9)17-14/h1-6,8,12H,7,16H2. The molecule has 1 nitrogen and oxygen atoms in total. The predicted octanol–water partition coefficient (Wildman–Crippen LogP) is 4.05. The lowest BCUT2D eigenvalue weighted by Crippen LogP contribution is -2.13. The fourth-order valence-corrected chi connectivity index (χ4v) is 3.45. The predicted molar refractivity (Wildman–Crippen MR) is 72.6 cm³/mol. The van der Waals surface area contributed by atoms with Gasteiger partial charge in [0.1, 0.15) is 0 Å². The van der Waals surface area contributed by atoms with E-state index in [9.17, 15) is 0 Å². The van der Waals surface area contributed by atoms with E-state index < -0.39 is 0 Å². The van der Waals surface area contributed by atoms with Gasteiger partial charge in [-0.2, -0.15) is 0 Å². The summed E-state index contributed by atoms with van der Waals surface area (Å²) in [4.78, 5) is 2.51. The molecule has 17 heavy (non-hydrogen) atoms. The zero-order valence-corrected chi connectivity index (χ0v) is 10.8. The summed E-state index contributed by atoms with van der Waals surface area (Å²) in [6.07, 6.45) is 0.872. The van der Waals surface area contributed by atoms with Crippen LogP contribution in [0.25, 0.3) is 0 Å². The Bertz CT molecular complexity index is 568. The molecule has 86 valence electrons. The molecule has 0 aliphatic carbocycles. The summed E-state index contributed by atoms with van der Waals surface area (Å²) in [6, 6.07) is 14.4. The van der Waals surface area contributed by atoms with Crippen LogP contribution in [0, 0.1) is 0 Å². The SMILES string of the molecule is NC1Cc2ccccc2Sc2ccc(Cl)cc21. The van der Waals surface area contributed by atoms with Crippen LogP contribution in [0.2, 0.25) is 5.02 Å². The van der Waals surface area contributed by atoms with Crippen molar-refractivity contribution in [3.05, 3.63) is 58.6 Å². The van der Waals surface area contributed by atoms with Crippen molar-refractivity contribution in [3.8, 4) is 0 Å². The number of hydrogen-bond donors (Lipinski definition) is 1. The van der Waals surface area contributed by atoms with Crippen molar-refractivity contribution in [1.82, 2.24) is 0 Å². The van der Waals surface area contributed by atoms with Gasteiger partial charge in [-0.05, 0) is 41.8 Å². The quantitative estimate of drug-likeness (QED) is 0.774. The van der Waals surface area contributed by atoms with Crippen LogP contribution in [0.4, 0.5) is 0 Å². The monoisotopic (exact) mass is 261 g/mol. The molecule has 1 atom stereocenters. The molecule has 3 heteroatoms. The molecule has 0 aromatic heterocycles. The lowest BCUT2D eigenvalue weighted by molar-refractivity contribution is 0.706. The molecule has 0 fully saturated rings. The molecule has 2 N–H and O–H groups in total. The van der Waals surface area contributed by atoms with Crippen LogP contribution < -0.4 is 5.73 Å². The van der Waals surface area contributed by atoms with E-state index in [-0.39, 0.29) is 6.04 Å². The number of hydrogen-bond acceptors (Lipinski definition) is 2. The molecule has 3 rings (SSSR count). The van der Waals surface area contributed by atoms with E-state index in [1.807, 2.05) is 12.1 Å². The maximum Gasteiger partial charge on any atom is 0.0410 e. The summed E-state index contributed by atoms with van der Waals surface area (Å²) in [5.74, 6) is 0. The minimum absolute atomic E-state index is 0.0276. The number of benzene rings is 2. The average molecular weight is 262 g/mol. The van der Waals surface area contributed by atoms with Crippen LogP contribution in [-0.4, -0.2) is 0 Å². The topological polar surface area (TPSA) is 26.0 Å². The molecule has 0 radical (unpaired) electrons. The van der Waals surface area contributed by atoms with Gasteiger partial charge in [0.05, 0.1) is 0 Å². The number of rotatable bonds is 0. The first kappa shape index (κ1) is 11.1. The molecule has 1 aliphatic rings. The van der Waals surface area contributed by atoms with Crippen molar-refractivity contribution in [2.45, 2.75) is 22.3 Å². The fourth-order valence-electron chi connectivity index (χ4n) is 2.14. The van der Waals surface area contributed by atoms with Crippen LogP contribution in [0.3, 0.4) is 0 Å². The van der Waals surface area contributed by atoms with Crippen LogP contribution in [0.5, 0.6) is 0 Å². The lowest BCUT2D eigenvalue weighted by atomic mass is 10.00. The molecule has 2 aromatic carbocycles. The summed E-state index contributed by atoms with van der Waals surface area (Å²) in [6.45, 7) is 0. The molecule has 0 bridgehead atoms. The second-order valence-corrected chi connectivity index (χ2v) is 5.72. The average Bonchev–Trinajstić information content (AvgIpc) is 2.46. The Morgan fingerprint density at radius 3 is 2.82 bits per heavy atom. The van der Waals surface area contributed by atoms with E-state index in [4.69, 9.17) is 17.3 Å². The molecule has 2 aromatic rings. The molecule has 1 aliphatic heterocycles. The minimum atomic E-state index is 0.0276. The molecular weight excluding hydrogens is 250 g/mol. The third kappa shape index (κ3) is 2.08. The van der Waals surface area contributed by atoms with Crippen molar-refractivity contribution in [2.24, 2.45) is 5.73 Å². The zero-order chi connectivity index (χ0) is 11.8. The van der Waals surface area contributed by atoms with Gasteiger partial charge in [0, 0.05) is 20.9 Å². The highest BCUT2D eigenvalue weighted by Gasteiger charge is 2.19. The van der Waals surface area contributed by atoms with Crippen molar-refractivity contribution >= 4 is 23.4 Å². The Hall–Kier alpha value is -0.960. The highest BCUT2D eigenvalue weighted by Crippen LogP contribution is 2.40. The molecule has 0 spiro atoms. The second kappa shape index (κ2) is 4.37. The Morgan fingerprint density at radius 1 is 1.12 bits per heavy atom. The molecule has 1 unspecified atom stereocenters. The molecule has 0 amide bonds. The van der Waals surface area contributed by atoms with Crippen LogP contribution in [0.15, 0.2) is 52.3 Å². The van der Waals surface area contributed by atoms with Gasteiger partial charge in [0.2, 0.25) is 0 Å². The van der Waals surface area contributed by atoms with Crippen molar-refractivity contribution in [2.75, 3.05) is 0 Å². The number of halogens is 1. The van der Waals surface area contributed by atoms with Crippen LogP contribution >= 0.6 is 23.4 Å². The van der Waals surface area contributed by atoms with E-state index in [1.165, 1.54) is 15.4 Å². The minimum Gasteiger partial charge on any atom is -0.324 e. The third-order valence-corrected chi connectivity index (χ3v) is 4.45. The third-order valence-electron chi connectivity index (χ3n) is 3.00. The van der Waals surface area contributed by atoms with E-state index in [1.54, 1.807) is 11.8 Å². The van der Waals surface area contributed by atoms with Crippen LogP contribution in [-0.2, 0) is 6.42 Å². The van der Waals surface area contributed by atoms with E-state index in [0.717, 1.165) is 17.0 Å². The first-order valence-electron chi connectivity index (χ1n) is 5.55. The number of nitrogens with two attached hydrogens (primary N) is 1. The van der Waals surface area contributed by atoms with Crippen molar-refractivity contribution in [1.29, 1.82) is 0 Å². The van der Waals surface area contributed by atoms with Gasteiger partial charge in [-0.3, -0.25) is 0 Å². The Labute approximate surface area is 110 Å². The normalized spacial score (nSPS) is 18.1. The van der Waals surface area contributed by atoms with Gasteiger partial charge in [0.25, 0.3) is 0 Å². The zero-order valence-electron chi connectivity index (χ0n) is 9.19. The lowest BCUT2D eigenvalue weighted by Gasteiger charge is -2.12. The highest BCUT2D eigenvalue weighted by atomic mass is 35.5. The maximum absolute atomic E-state index is 6.26. The summed E-state index contributed by atoms with van der Waals surface area (Å²) in [5.41, 5.74) is 8.73. The first-order chi connectivity index (χ1) is 8.24. The van der Waals surface area contributed by atoms with Crippen LogP contribution in [0.1, 0.15) is 17.2 Å². The van der Waals surface area contributed by atoms with Gasteiger partial charge in [-0.1, -0.05) is 41.6 Å². The highest BCUT2D eigenvalue weighted by molar-refractivity contribution is 7.99. The Balaban J connectivity index is 2.14. The summed E-state index contributed by atoms with van der Waals surface area (Å²) in [5, 5.41) is 0.755. The maximum atomic E-state index is 6.26. The molecule has 0 saturated carbocycles. The van der Waals surface area contributed by atoms with Gasteiger partial charge in [-0.25, -0.2) is 0 Å².